The number of nitriles is 1. The Kier molecular flexibility index (Phi) is 4.33. The first-order chi connectivity index (χ1) is 12.7. The van der Waals surface area contributed by atoms with Gasteiger partial charge in [-0.2, -0.15) is 15.3 Å². The van der Waals surface area contributed by atoms with E-state index in [0.717, 1.165) is 18.7 Å². The van der Waals surface area contributed by atoms with Crippen molar-refractivity contribution in [3.63, 3.8) is 0 Å². The zero-order valence-electron chi connectivity index (χ0n) is 14.3. The number of nitrogens with one attached hydrogen (secondary N) is 2. The van der Waals surface area contributed by atoms with E-state index < -0.39 is 0 Å². The van der Waals surface area contributed by atoms with Gasteiger partial charge in [-0.15, -0.1) is 0 Å². The Hall–Kier alpha value is -3.25. The standard InChI is InChI=1S/C17H18N8O/c1-25-9-13(8-19-25)22-17-23-14-3-2-11(4-6-18)20-15(14)16(24-17)21-12-5-7-26-10-12/h2-3,8-9,12H,4-5,7,10H2,1H3,(H2,21,22,23,24)/t12-/m0/s1. The average Bonchev–Trinajstić information content (AvgIpc) is 3.27. The van der Waals surface area contributed by atoms with Gasteiger partial charge in [0, 0.05) is 19.9 Å². The van der Waals surface area contributed by atoms with Gasteiger partial charge in [-0.3, -0.25) is 4.68 Å². The van der Waals surface area contributed by atoms with Gasteiger partial charge in [-0.25, -0.2) is 9.97 Å². The van der Waals surface area contributed by atoms with Gasteiger partial charge in [-0.05, 0) is 18.6 Å². The number of aryl methyl sites for hydroxylation is 1. The van der Waals surface area contributed by atoms with Crippen molar-refractivity contribution in [3.05, 3.63) is 30.2 Å². The molecule has 4 rings (SSSR count). The van der Waals surface area contributed by atoms with Crippen molar-refractivity contribution in [3.8, 4) is 6.07 Å². The van der Waals surface area contributed by atoms with E-state index in [1.165, 1.54) is 0 Å². The number of pyridine rings is 1. The molecule has 0 bridgehead atoms. The minimum absolute atomic E-state index is 0.181. The molecule has 3 aromatic heterocycles. The molecule has 0 radical (unpaired) electrons. The van der Waals surface area contributed by atoms with Crippen LogP contribution >= 0.6 is 0 Å². The van der Waals surface area contributed by atoms with E-state index in [2.05, 4.69) is 36.8 Å². The number of fused-ring (bicyclic) bond motifs is 1. The lowest BCUT2D eigenvalue weighted by Gasteiger charge is -2.14. The Morgan fingerprint density at radius 1 is 1.35 bits per heavy atom. The highest BCUT2D eigenvalue weighted by atomic mass is 16.5. The van der Waals surface area contributed by atoms with E-state index >= 15 is 0 Å². The van der Waals surface area contributed by atoms with Gasteiger partial charge in [0.2, 0.25) is 5.95 Å². The fourth-order valence-electron chi connectivity index (χ4n) is 2.85. The maximum atomic E-state index is 8.93. The van der Waals surface area contributed by atoms with Crippen molar-refractivity contribution in [1.29, 1.82) is 5.26 Å². The van der Waals surface area contributed by atoms with Crippen LogP contribution in [0.5, 0.6) is 0 Å². The van der Waals surface area contributed by atoms with Crippen LogP contribution in [0.15, 0.2) is 24.5 Å². The minimum Gasteiger partial charge on any atom is -0.379 e. The molecule has 1 atom stereocenters. The molecule has 26 heavy (non-hydrogen) atoms. The summed E-state index contributed by atoms with van der Waals surface area (Å²) in [4.78, 5) is 13.7. The smallest absolute Gasteiger partial charge is 0.229 e. The molecule has 1 aliphatic rings. The number of nitrogens with zero attached hydrogens (tertiary/aromatic N) is 6. The van der Waals surface area contributed by atoms with E-state index in [-0.39, 0.29) is 12.5 Å². The summed E-state index contributed by atoms with van der Waals surface area (Å²) in [7, 11) is 1.85. The van der Waals surface area contributed by atoms with Gasteiger partial charge in [0.1, 0.15) is 5.52 Å². The molecule has 132 valence electrons. The fourth-order valence-corrected chi connectivity index (χ4v) is 2.85. The molecule has 1 fully saturated rings. The Bertz CT molecular complexity index is 971. The Morgan fingerprint density at radius 3 is 3.00 bits per heavy atom. The van der Waals surface area contributed by atoms with Crippen LogP contribution in [0.3, 0.4) is 0 Å². The predicted molar refractivity (Wildman–Crippen MR) is 96.0 cm³/mol. The van der Waals surface area contributed by atoms with Crippen LogP contribution in [-0.4, -0.2) is 44.0 Å². The van der Waals surface area contributed by atoms with Gasteiger partial charge in [0.05, 0.1) is 48.2 Å². The first-order valence-electron chi connectivity index (χ1n) is 8.36. The van der Waals surface area contributed by atoms with E-state index in [4.69, 9.17) is 10.00 Å². The molecule has 0 aliphatic carbocycles. The summed E-state index contributed by atoms with van der Waals surface area (Å²) in [5.41, 5.74) is 2.86. The van der Waals surface area contributed by atoms with E-state index in [1.807, 2.05) is 25.4 Å². The molecule has 1 aliphatic heterocycles. The van der Waals surface area contributed by atoms with Crippen molar-refractivity contribution in [1.82, 2.24) is 24.7 Å². The number of anilines is 3. The summed E-state index contributed by atoms with van der Waals surface area (Å²) in [6.45, 7) is 1.36. The van der Waals surface area contributed by atoms with Crippen molar-refractivity contribution >= 4 is 28.5 Å². The number of hydrogen-bond donors (Lipinski definition) is 2. The van der Waals surface area contributed by atoms with Gasteiger partial charge in [0.15, 0.2) is 5.82 Å². The summed E-state index contributed by atoms with van der Waals surface area (Å²) >= 11 is 0. The normalized spacial score (nSPS) is 16.5. The highest BCUT2D eigenvalue weighted by molar-refractivity contribution is 5.87. The molecule has 0 amide bonds. The van der Waals surface area contributed by atoms with Crippen LogP contribution in [-0.2, 0) is 18.2 Å². The number of aromatic nitrogens is 5. The Labute approximate surface area is 150 Å². The Morgan fingerprint density at radius 2 is 2.27 bits per heavy atom. The highest BCUT2D eigenvalue weighted by Crippen LogP contribution is 2.24. The average molecular weight is 350 g/mol. The quantitative estimate of drug-likeness (QED) is 0.716. The van der Waals surface area contributed by atoms with E-state index in [1.54, 1.807) is 10.9 Å². The third kappa shape index (κ3) is 3.41. The zero-order valence-corrected chi connectivity index (χ0v) is 14.3. The van der Waals surface area contributed by atoms with Crippen LogP contribution < -0.4 is 10.6 Å². The maximum Gasteiger partial charge on any atom is 0.229 e. The first-order valence-corrected chi connectivity index (χ1v) is 8.36. The second kappa shape index (κ2) is 6.93. The van der Waals surface area contributed by atoms with Crippen molar-refractivity contribution in [2.24, 2.45) is 7.05 Å². The summed E-state index contributed by atoms with van der Waals surface area (Å²) in [5, 5.41) is 19.6. The summed E-state index contributed by atoms with van der Waals surface area (Å²) in [5.74, 6) is 1.10. The van der Waals surface area contributed by atoms with Gasteiger partial charge in [0.25, 0.3) is 0 Å². The van der Waals surface area contributed by atoms with Gasteiger partial charge >= 0.3 is 0 Å². The molecule has 1 saturated heterocycles. The fraction of sp³-hybridized carbons (Fsp3) is 0.353. The largest absolute Gasteiger partial charge is 0.379 e. The SMILES string of the molecule is Cn1cc(Nc2nc(N[C@H]3CCOC3)c3nc(CC#N)ccc3n2)cn1. The Balaban J connectivity index is 1.73. The summed E-state index contributed by atoms with van der Waals surface area (Å²) < 4.78 is 7.14. The van der Waals surface area contributed by atoms with Crippen molar-refractivity contribution < 1.29 is 4.74 Å². The molecule has 4 heterocycles. The topological polar surface area (TPSA) is 114 Å². The highest BCUT2D eigenvalue weighted by Gasteiger charge is 2.19. The third-order valence-corrected chi connectivity index (χ3v) is 4.09. The molecule has 2 N–H and O–H groups in total. The van der Waals surface area contributed by atoms with Crippen LogP contribution in [0, 0.1) is 11.3 Å². The lowest BCUT2D eigenvalue weighted by molar-refractivity contribution is 0.195. The molecule has 0 saturated carbocycles. The number of ether oxygens (including phenoxy) is 1. The molecule has 9 heteroatoms. The molecule has 0 unspecified atom stereocenters. The van der Waals surface area contributed by atoms with Gasteiger partial charge in [-0.1, -0.05) is 0 Å². The second-order valence-electron chi connectivity index (χ2n) is 6.13. The molecule has 0 aromatic carbocycles. The predicted octanol–water partition coefficient (Wildman–Crippen LogP) is 1.77. The summed E-state index contributed by atoms with van der Waals surface area (Å²) in [6, 6.07) is 5.98. The molecule has 9 nitrogen and oxygen atoms in total. The molecule has 3 aromatic rings. The monoisotopic (exact) mass is 350 g/mol. The van der Waals surface area contributed by atoms with Crippen LogP contribution in [0.2, 0.25) is 0 Å². The maximum absolute atomic E-state index is 8.93. The van der Waals surface area contributed by atoms with Crippen LogP contribution in [0.4, 0.5) is 17.5 Å². The molecule has 0 spiro atoms. The number of rotatable bonds is 5. The molecular weight excluding hydrogens is 332 g/mol. The van der Waals surface area contributed by atoms with Gasteiger partial charge < -0.3 is 15.4 Å². The van der Waals surface area contributed by atoms with Crippen molar-refractivity contribution in [2.45, 2.75) is 18.9 Å². The third-order valence-electron chi connectivity index (χ3n) is 4.09. The van der Waals surface area contributed by atoms with Crippen molar-refractivity contribution in [2.75, 3.05) is 23.8 Å². The van der Waals surface area contributed by atoms with Crippen LogP contribution in [0.25, 0.3) is 11.0 Å². The lowest BCUT2D eigenvalue weighted by Crippen LogP contribution is -2.20. The van der Waals surface area contributed by atoms with E-state index in [0.29, 0.717) is 35.1 Å². The lowest BCUT2D eigenvalue weighted by atomic mass is 10.2. The summed E-state index contributed by atoms with van der Waals surface area (Å²) in [6.07, 6.45) is 4.71. The second-order valence-corrected chi connectivity index (χ2v) is 6.13. The van der Waals surface area contributed by atoms with E-state index in [9.17, 15) is 0 Å². The van der Waals surface area contributed by atoms with Crippen LogP contribution in [0.1, 0.15) is 12.1 Å². The minimum atomic E-state index is 0.181. The zero-order chi connectivity index (χ0) is 17.9. The molecular formula is C17H18N8O. The first kappa shape index (κ1) is 16.2. The number of hydrogen-bond acceptors (Lipinski definition) is 8.